The number of aliphatic carboxylic acids is 1. The van der Waals surface area contributed by atoms with Gasteiger partial charge in [0.15, 0.2) is 5.76 Å². The van der Waals surface area contributed by atoms with E-state index in [0.717, 1.165) is 12.5 Å². The molecule has 0 fully saturated rings. The molecule has 156 valence electrons. The van der Waals surface area contributed by atoms with Crippen LogP contribution >= 0.6 is 0 Å². The van der Waals surface area contributed by atoms with Crippen LogP contribution in [0.3, 0.4) is 0 Å². The summed E-state index contributed by atoms with van der Waals surface area (Å²) in [6, 6.07) is 0. The molecule has 0 bridgehead atoms. The largest absolute Gasteiger partial charge is 0.478 e. The fourth-order valence-corrected chi connectivity index (χ4v) is 2.28. The van der Waals surface area contributed by atoms with E-state index in [-0.39, 0.29) is 5.76 Å². The fraction of sp³-hybridized carbons (Fsp3) is 0.550. The van der Waals surface area contributed by atoms with Gasteiger partial charge in [0.25, 0.3) is 0 Å². The number of allylic oxidation sites excluding steroid dienone is 6. The van der Waals surface area contributed by atoms with Crippen LogP contribution in [0.4, 0.5) is 0 Å². The predicted octanol–water partition coefficient (Wildman–Crippen LogP) is 5.98. The second-order valence-electron chi connectivity index (χ2n) is 5.83. The summed E-state index contributed by atoms with van der Waals surface area (Å²) in [4.78, 5) is 14.8. The smallest absolute Gasteiger partial charge is 0.328 e. The highest BCUT2D eigenvalue weighted by atomic mass is 17.5. The number of carboxylic acids is 1. The fourth-order valence-electron chi connectivity index (χ4n) is 2.28. The minimum atomic E-state index is -1.06. The molecule has 0 radical (unpaired) electrons. The zero-order valence-corrected chi connectivity index (χ0v) is 16.1. The SMILES string of the molecule is CCCCCCCCCCC/C=C/C=C/C(=C/C=C/C(=O)O)OOO.OO. The van der Waals surface area contributed by atoms with E-state index in [1.54, 1.807) is 12.2 Å². The minimum absolute atomic E-state index is 0.188. The van der Waals surface area contributed by atoms with Crippen LogP contribution in [0.15, 0.2) is 48.3 Å². The third kappa shape index (κ3) is 24.1. The first kappa shape index (κ1) is 27.3. The van der Waals surface area contributed by atoms with Crippen LogP contribution in [0.5, 0.6) is 0 Å². The molecular formula is C20H34O7. The molecule has 0 unspecified atom stereocenters. The van der Waals surface area contributed by atoms with Crippen molar-refractivity contribution in [2.24, 2.45) is 0 Å². The van der Waals surface area contributed by atoms with Gasteiger partial charge in [0.05, 0.1) is 0 Å². The van der Waals surface area contributed by atoms with Gasteiger partial charge in [-0.15, -0.1) is 0 Å². The van der Waals surface area contributed by atoms with E-state index in [0.29, 0.717) is 0 Å². The van der Waals surface area contributed by atoms with E-state index in [1.165, 1.54) is 69.9 Å². The molecular weight excluding hydrogens is 352 g/mol. The number of hydrogen-bond donors (Lipinski definition) is 4. The number of rotatable bonds is 16. The highest BCUT2D eigenvalue weighted by molar-refractivity contribution is 5.80. The van der Waals surface area contributed by atoms with Gasteiger partial charge in [-0.1, -0.05) is 82.6 Å². The van der Waals surface area contributed by atoms with E-state index in [2.05, 4.69) is 22.9 Å². The lowest BCUT2D eigenvalue weighted by Gasteiger charge is -2.00. The Kier molecular flexibility index (Phi) is 24.3. The second-order valence-corrected chi connectivity index (χ2v) is 5.83. The van der Waals surface area contributed by atoms with Crippen molar-refractivity contribution in [3.63, 3.8) is 0 Å². The summed E-state index contributed by atoms with van der Waals surface area (Å²) < 4.78 is 0. The maximum absolute atomic E-state index is 10.4. The molecule has 0 aromatic carbocycles. The van der Waals surface area contributed by atoms with Crippen LogP contribution in [0.25, 0.3) is 0 Å². The quantitative estimate of drug-likeness (QED) is 0.0643. The summed E-state index contributed by atoms with van der Waals surface area (Å²) in [6.07, 6.45) is 23.7. The molecule has 0 atom stereocenters. The Morgan fingerprint density at radius 2 is 1.44 bits per heavy atom. The van der Waals surface area contributed by atoms with Gasteiger partial charge < -0.3 is 9.99 Å². The predicted molar refractivity (Wildman–Crippen MR) is 105 cm³/mol. The van der Waals surface area contributed by atoms with Gasteiger partial charge in [0.2, 0.25) is 0 Å². The van der Waals surface area contributed by atoms with Gasteiger partial charge in [-0.05, 0) is 30.0 Å². The summed E-state index contributed by atoms with van der Waals surface area (Å²) >= 11 is 0. The molecule has 0 saturated carbocycles. The maximum atomic E-state index is 10.4. The van der Waals surface area contributed by atoms with Crippen LogP contribution in [-0.4, -0.2) is 26.8 Å². The van der Waals surface area contributed by atoms with E-state index in [4.69, 9.17) is 20.9 Å². The van der Waals surface area contributed by atoms with Crippen LogP contribution in [-0.2, 0) is 14.7 Å². The molecule has 0 aromatic rings. The topological polar surface area (TPSA) is 116 Å². The molecule has 4 N–H and O–H groups in total. The monoisotopic (exact) mass is 386 g/mol. The molecule has 0 spiro atoms. The Morgan fingerprint density at radius 3 is 2.00 bits per heavy atom. The first-order valence-corrected chi connectivity index (χ1v) is 9.33. The Morgan fingerprint density at radius 1 is 0.852 bits per heavy atom. The van der Waals surface area contributed by atoms with E-state index < -0.39 is 5.97 Å². The lowest BCUT2D eigenvalue weighted by Crippen LogP contribution is -1.88. The van der Waals surface area contributed by atoms with Gasteiger partial charge in [-0.2, -0.15) is 0 Å². The van der Waals surface area contributed by atoms with Crippen molar-refractivity contribution >= 4 is 5.97 Å². The Bertz CT molecular complexity index is 440. The minimum Gasteiger partial charge on any atom is -0.478 e. The highest BCUT2D eigenvalue weighted by Gasteiger charge is 1.93. The van der Waals surface area contributed by atoms with Crippen molar-refractivity contribution in [2.45, 2.75) is 71.1 Å². The third-order valence-electron chi connectivity index (χ3n) is 3.61. The van der Waals surface area contributed by atoms with Gasteiger partial charge in [0, 0.05) is 6.08 Å². The molecule has 0 aliphatic heterocycles. The van der Waals surface area contributed by atoms with Crippen molar-refractivity contribution in [3.8, 4) is 0 Å². The first-order valence-electron chi connectivity index (χ1n) is 9.33. The zero-order chi connectivity index (χ0) is 20.6. The zero-order valence-electron chi connectivity index (χ0n) is 16.1. The van der Waals surface area contributed by atoms with Crippen molar-refractivity contribution in [3.05, 3.63) is 48.3 Å². The van der Waals surface area contributed by atoms with Crippen molar-refractivity contribution in [1.82, 2.24) is 0 Å². The molecule has 0 heterocycles. The molecule has 0 rings (SSSR count). The van der Waals surface area contributed by atoms with Crippen molar-refractivity contribution in [2.75, 3.05) is 0 Å². The molecule has 0 saturated heterocycles. The maximum Gasteiger partial charge on any atom is 0.328 e. The average molecular weight is 386 g/mol. The Hall–Kier alpha value is -1.93. The van der Waals surface area contributed by atoms with Gasteiger partial charge in [0.1, 0.15) is 0 Å². The summed E-state index contributed by atoms with van der Waals surface area (Å²) in [5, 5.41) is 32.4. The normalized spacial score (nSPS) is 11.9. The van der Waals surface area contributed by atoms with E-state index >= 15 is 0 Å². The molecule has 7 nitrogen and oxygen atoms in total. The molecule has 27 heavy (non-hydrogen) atoms. The highest BCUT2D eigenvalue weighted by Crippen LogP contribution is 2.10. The molecule has 0 aromatic heterocycles. The molecule has 7 heteroatoms. The van der Waals surface area contributed by atoms with Crippen LogP contribution in [0.2, 0.25) is 0 Å². The van der Waals surface area contributed by atoms with Crippen molar-refractivity contribution < 1.29 is 35.6 Å². The Labute approximate surface area is 161 Å². The summed E-state index contributed by atoms with van der Waals surface area (Å²) in [7, 11) is 0. The Balaban J connectivity index is 0. The number of carbonyl (C=O) groups is 1. The summed E-state index contributed by atoms with van der Waals surface area (Å²) in [5.74, 6) is -0.877. The van der Waals surface area contributed by atoms with Crippen LogP contribution in [0.1, 0.15) is 71.1 Å². The standard InChI is InChI=1S/C20H32O5.H2O2/c1-2-3-4-5-6-7-8-9-10-11-12-13-14-16-19(24-25-23)17-15-18-20(21)22;1-2/h12-18,23H,2-11H2,1H3,(H,21,22);1-2H/b13-12+,16-14+,18-15+,19-17-;. The average Bonchev–Trinajstić information content (AvgIpc) is 2.66. The number of carboxylic acid groups (broad SMARTS) is 1. The molecule has 0 aliphatic carbocycles. The lowest BCUT2D eigenvalue weighted by atomic mass is 10.1. The van der Waals surface area contributed by atoms with Crippen LogP contribution < -0.4 is 0 Å². The van der Waals surface area contributed by atoms with E-state index in [9.17, 15) is 4.79 Å². The number of unbranched alkanes of at least 4 members (excludes halogenated alkanes) is 9. The molecule has 0 aliphatic rings. The van der Waals surface area contributed by atoms with Crippen LogP contribution in [0, 0.1) is 0 Å². The lowest BCUT2D eigenvalue weighted by molar-refractivity contribution is -0.470. The van der Waals surface area contributed by atoms with E-state index in [1.807, 2.05) is 6.08 Å². The van der Waals surface area contributed by atoms with Gasteiger partial charge >= 0.3 is 5.97 Å². The summed E-state index contributed by atoms with van der Waals surface area (Å²) in [5.41, 5.74) is 0. The third-order valence-corrected chi connectivity index (χ3v) is 3.61. The first-order chi connectivity index (χ1) is 13.2. The second kappa shape index (κ2) is 24.1. The summed E-state index contributed by atoms with van der Waals surface area (Å²) in [6.45, 7) is 2.24. The van der Waals surface area contributed by atoms with Crippen molar-refractivity contribution in [1.29, 1.82) is 0 Å². The number of hydrogen-bond acceptors (Lipinski definition) is 6. The van der Waals surface area contributed by atoms with Gasteiger partial charge in [-0.25, -0.2) is 10.1 Å². The molecule has 0 amide bonds. The van der Waals surface area contributed by atoms with Gasteiger partial charge in [-0.3, -0.25) is 10.5 Å².